The summed E-state index contributed by atoms with van der Waals surface area (Å²) in [6.07, 6.45) is 1.39. The number of ether oxygens (including phenoxy) is 1. The van der Waals surface area contributed by atoms with Crippen molar-refractivity contribution in [2.75, 3.05) is 7.11 Å². The molecule has 15 heavy (non-hydrogen) atoms. The Morgan fingerprint density at radius 3 is 3.07 bits per heavy atom. The largest absolute Gasteiger partial charge is 0.505 e. The summed E-state index contributed by atoms with van der Waals surface area (Å²) in [5, 5.41) is 10.0. The highest BCUT2D eigenvalue weighted by Gasteiger charge is 2.18. The Morgan fingerprint density at radius 1 is 1.67 bits per heavy atom. The number of halogens is 1. The van der Waals surface area contributed by atoms with Gasteiger partial charge in [-0.1, -0.05) is 11.6 Å². The van der Waals surface area contributed by atoms with Crippen molar-refractivity contribution in [3.8, 4) is 5.75 Å². The van der Waals surface area contributed by atoms with Gasteiger partial charge in [0.1, 0.15) is 16.6 Å². The number of hydrogen-bond donors (Lipinski definition) is 2. The molecular weight excluding hydrogens is 220 g/mol. The SMILES string of the molecule is COC(=O)c1cc(Cl)c2nc[nH]c2c1O. The van der Waals surface area contributed by atoms with E-state index in [1.165, 1.54) is 19.5 Å². The van der Waals surface area contributed by atoms with Crippen LogP contribution in [0, 0.1) is 0 Å². The molecule has 5 nitrogen and oxygen atoms in total. The second-order valence-electron chi connectivity index (χ2n) is 2.87. The lowest BCUT2D eigenvalue weighted by atomic mass is 10.1. The summed E-state index contributed by atoms with van der Waals surface area (Å²) < 4.78 is 4.51. The van der Waals surface area contributed by atoms with Crippen molar-refractivity contribution in [1.29, 1.82) is 0 Å². The lowest BCUT2D eigenvalue weighted by Crippen LogP contribution is -2.01. The highest BCUT2D eigenvalue weighted by Crippen LogP contribution is 2.32. The van der Waals surface area contributed by atoms with Gasteiger partial charge in [0.25, 0.3) is 0 Å². The fraction of sp³-hybridized carbons (Fsp3) is 0.111. The lowest BCUT2D eigenvalue weighted by molar-refractivity contribution is 0.0598. The first-order valence-electron chi connectivity index (χ1n) is 4.08. The van der Waals surface area contributed by atoms with Crippen molar-refractivity contribution in [3.05, 3.63) is 23.0 Å². The molecule has 6 heteroatoms. The molecule has 1 heterocycles. The molecule has 1 aromatic carbocycles. The van der Waals surface area contributed by atoms with Crippen LogP contribution in [0.5, 0.6) is 5.75 Å². The number of aromatic amines is 1. The normalized spacial score (nSPS) is 10.5. The van der Waals surface area contributed by atoms with Crippen molar-refractivity contribution in [1.82, 2.24) is 9.97 Å². The minimum Gasteiger partial charge on any atom is -0.505 e. The van der Waals surface area contributed by atoms with Crippen molar-refractivity contribution < 1.29 is 14.6 Å². The molecule has 78 valence electrons. The van der Waals surface area contributed by atoms with Crippen molar-refractivity contribution >= 4 is 28.6 Å². The van der Waals surface area contributed by atoms with Crippen LogP contribution in [0.3, 0.4) is 0 Å². The van der Waals surface area contributed by atoms with Crippen LogP contribution in [0.2, 0.25) is 5.02 Å². The molecule has 1 aromatic heterocycles. The standard InChI is InChI=1S/C9H7ClN2O3/c1-15-9(14)4-2-5(10)6-7(8(4)13)12-3-11-6/h2-3,13H,1H3,(H,11,12). The number of benzene rings is 1. The number of aromatic nitrogens is 2. The monoisotopic (exact) mass is 226 g/mol. The van der Waals surface area contributed by atoms with E-state index in [0.717, 1.165) is 0 Å². The third-order valence-corrected chi connectivity index (χ3v) is 2.32. The zero-order chi connectivity index (χ0) is 11.0. The summed E-state index contributed by atoms with van der Waals surface area (Å²) in [6, 6.07) is 1.33. The predicted molar refractivity (Wildman–Crippen MR) is 54.1 cm³/mol. The molecule has 2 N–H and O–H groups in total. The lowest BCUT2D eigenvalue weighted by Gasteiger charge is -2.04. The zero-order valence-electron chi connectivity index (χ0n) is 7.74. The van der Waals surface area contributed by atoms with Gasteiger partial charge in [0.15, 0.2) is 5.75 Å². The molecule has 0 bridgehead atoms. The van der Waals surface area contributed by atoms with E-state index in [1.807, 2.05) is 0 Å². The second-order valence-corrected chi connectivity index (χ2v) is 3.28. The van der Waals surface area contributed by atoms with E-state index in [2.05, 4.69) is 14.7 Å². The van der Waals surface area contributed by atoms with Crippen LogP contribution < -0.4 is 0 Å². The van der Waals surface area contributed by atoms with E-state index in [0.29, 0.717) is 11.0 Å². The fourth-order valence-corrected chi connectivity index (χ4v) is 1.57. The van der Waals surface area contributed by atoms with Gasteiger partial charge in [0, 0.05) is 0 Å². The summed E-state index contributed by atoms with van der Waals surface area (Å²) in [4.78, 5) is 17.9. The molecule has 0 saturated carbocycles. The van der Waals surface area contributed by atoms with Gasteiger partial charge in [-0.05, 0) is 6.07 Å². The highest BCUT2D eigenvalue weighted by molar-refractivity contribution is 6.35. The van der Waals surface area contributed by atoms with Crippen LogP contribution in [0.25, 0.3) is 11.0 Å². The van der Waals surface area contributed by atoms with Crippen LogP contribution in [-0.4, -0.2) is 28.2 Å². The minimum atomic E-state index is -0.647. The third kappa shape index (κ3) is 1.41. The molecule has 0 aliphatic heterocycles. The number of rotatable bonds is 1. The van der Waals surface area contributed by atoms with E-state index >= 15 is 0 Å². The van der Waals surface area contributed by atoms with Gasteiger partial charge in [-0.2, -0.15) is 0 Å². The summed E-state index contributed by atoms with van der Waals surface area (Å²) in [6.45, 7) is 0. The number of nitrogens with one attached hydrogen (secondary N) is 1. The van der Waals surface area contributed by atoms with Crippen LogP contribution in [0.4, 0.5) is 0 Å². The molecular formula is C9H7ClN2O3. The maximum absolute atomic E-state index is 11.3. The van der Waals surface area contributed by atoms with Gasteiger partial charge >= 0.3 is 5.97 Å². The Labute approximate surface area is 89.6 Å². The van der Waals surface area contributed by atoms with Crippen molar-refractivity contribution in [3.63, 3.8) is 0 Å². The molecule has 0 unspecified atom stereocenters. The molecule has 0 aliphatic rings. The summed E-state index contributed by atoms with van der Waals surface area (Å²) >= 11 is 5.88. The molecule has 2 aromatic rings. The maximum atomic E-state index is 11.3. The molecule has 0 aliphatic carbocycles. The number of esters is 1. The average Bonchev–Trinajstić information content (AvgIpc) is 2.71. The number of fused-ring (bicyclic) bond motifs is 1. The molecule has 2 rings (SSSR count). The Morgan fingerprint density at radius 2 is 2.40 bits per heavy atom. The number of methoxy groups -OCH3 is 1. The van der Waals surface area contributed by atoms with E-state index < -0.39 is 5.97 Å². The second kappa shape index (κ2) is 3.43. The van der Waals surface area contributed by atoms with Crippen LogP contribution >= 0.6 is 11.6 Å². The molecule has 0 atom stereocenters. The number of nitrogens with zero attached hydrogens (tertiary/aromatic N) is 1. The van der Waals surface area contributed by atoms with Crippen molar-refractivity contribution in [2.45, 2.75) is 0 Å². The number of aromatic hydroxyl groups is 1. The third-order valence-electron chi connectivity index (χ3n) is 2.03. The molecule has 0 amide bonds. The van der Waals surface area contributed by atoms with E-state index in [4.69, 9.17) is 11.6 Å². The molecule has 0 radical (unpaired) electrons. The van der Waals surface area contributed by atoms with Crippen molar-refractivity contribution in [2.24, 2.45) is 0 Å². The first kappa shape index (κ1) is 9.79. The summed E-state index contributed by atoms with van der Waals surface area (Å²) in [7, 11) is 1.23. The average molecular weight is 227 g/mol. The van der Waals surface area contributed by atoms with E-state index in [9.17, 15) is 9.90 Å². The fourth-order valence-electron chi connectivity index (χ4n) is 1.32. The highest BCUT2D eigenvalue weighted by atomic mass is 35.5. The Bertz CT molecular complexity index is 535. The Hall–Kier alpha value is -1.75. The van der Waals surface area contributed by atoms with Gasteiger partial charge in [-0.25, -0.2) is 9.78 Å². The topological polar surface area (TPSA) is 75.2 Å². The number of H-pyrrole nitrogens is 1. The van der Waals surface area contributed by atoms with Crippen LogP contribution in [-0.2, 0) is 4.74 Å². The minimum absolute atomic E-state index is 0.0132. The number of phenols is 1. The number of hydrogen-bond acceptors (Lipinski definition) is 4. The number of imidazole rings is 1. The van der Waals surface area contributed by atoms with Gasteiger partial charge < -0.3 is 14.8 Å². The van der Waals surface area contributed by atoms with Crippen LogP contribution in [0.1, 0.15) is 10.4 Å². The zero-order valence-corrected chi connectivity index (χ0v) is 8.50. The van der Waals surface area contributed by atoms with E-state index in [-0.39, 0.29) is 16.3 Å². The Balaban J connectivity index is 2.76. The van der Waals surface area contributed by atoms with Gasteiger partial charge in [0.05, 0.1) is 18.5 Å². The van der Waals surface area contributed by atoms with Gasteiger partial charge in [-0.3, -0.25) is 0 Å². The number of carbonyl (C=O) groups is 1. The number of phenolic OH excluding ortho intramolecular Hbond substituents is 1. The molecule has 0 saturated heterocycles. The maximum Gasteiger partial charge on any atom is 0.341 e. The summed E-state index contributed by atoms with van der Waals surface area (Å²) in [5.74, 6) is -0.857. The van der Waals surface area contributed by atoms with Crippen LogP contribution in [0.15, 0.2) is 12.4 Å². The predicted octanol–water partition coefficient (Wildman–Crippen LogP) is 1.71. The summed E-state index contributed by atoms with van der Waals surface area (Å²) in [5.41, 5.74) is 0.754. The quantitative estimate of drug-likeness (QED) is 0.726. The number of carbonyl (C=O) groups excluding carboxylic acids is 1. The Kier molecular flexibility index (Phi) is 2.24. The van der Waals surface area contributed by atoms with E-state index in [1.54, 1.807) is 0 Å². The van der Waals surface area contributed by atoms with Gasteiger partial charge in [-0.15, -0.1) is 0 Å². The smallest absolute Gasteiger partial charge is 0.341 e. The first-order valence-corrected chi connectivity index (χ1v) is 4.45. The molecule has 0 fully saturated rings. The molecule has 0 spiro atoms. The first-order chi connectivity index (χ1) is 7.15. The van der Waals surface area contributed by atoms with Gasteiger partial charge in [0.2, 0.25) is 0 Å².